The molecule has 0 aromatic heterocycles. The molecule has 0 aliphatic carbocycles. The van der Waals surface area contributed by atoms with E-state index >= 15 is 0 Å². The molecule has 1 aliphatic rings. The SMILES string of the molecule is Cc1ccc(C)c(CC(=O)N2CCc3cc(S(=O)(=O)N(C)C)ccc32)c1. The van der Waals surface area contributed by atoms with Gasteiger partial charge in [0.1, 0.15) is 0 Å². The number of carbonyl (C=O) groups is 1. The van der Waals surface area contributed by atoms with Crippen molar-refractivity contribution in [1.29, 1.82) is 0 Å². The molecule has 1 heterocycles. The number of benzene rings is 2. The number of rotatable bonds is 4. The van der Waals surface area contributed by atoms with Crippen molar-refractivity contribution in [1.82, 2.24) is 4.31 Å². The summed E-state index contributed by atoms with van der Waals surface area (Å²) in [5.74, 6) is 0.0423. The van der Waals surface area contributed by atoms with Gasteiger partial charge in [-0.05, 0) is 55.2 Å². The van der Waals surface area contributed by atoms with Crippen LogP contribution < -0.4 is 4.90 Å². The summed E-state index contributed by atoms with van der Waals surface area (Å²) in [6.45, 7) is 4.62. The monoisotopic (exact) mass is 372 g/mol. The molecule has 6 heteroatoms. The number of amides is 1. The molecule has 0 N–H and O–H groups in total. The Morgan fingerprint density at radius 1 is 1.12 bits per heavy atom. The number of anilines is 1. The first-order valence-corrected chi connectivity index (χ1v) is 10.1. The van der Waals surface area contributed by atoms with Gasteiger partial charge in [-0.25, -0.2) is 12.7 Å². The van der Waals surface area contributed by atoms with Crippen LogP contribution in [0.15, 0.2) is 41.3 Å². The highest BCUT2D eigenvalue weighted by atomic mass is 32.2. The van der Waals surface area contributed by atoms with Crippen molar-refractivity contribution in [2.75, 3.05) is 25.5 Å². The maximum Gasteiger partial charge on any atom is 0.242 e. The highest BCUT2D eigenvalue weighted by Crippen LogP contribution is 2.31. The van der Waals surface area contributed by atoms with Crippen LogP contribution >= 0.6 is 0 Å². The zero-order valence-corrected chi connectivity index (χ0v) is 16.4. The summed E-state index contributed by atoms with van der Waals surface area (Å²) in [6.07, 6.45) is 1.02. The number of hydrogen-bond donors (Lipinski definition) is 0. The Morgan fingerprint density at radius 2 is 1.85 bits per heavy atom. The largest absolute Gasteiger partial charge is 0.312 e. The number of fused-ring (bicyclic) bond motifs is 1. The van der Waals surface area contributed by atoms with Gasteiger partial charge in [-0.2, -0.15) is 0 Å². The van der Waals surface area contributed by atoms with Crippen molar-refractivity contribution >= 4 is 21.6 Å². The zero-order chi connectivity index (χ0) is 19.1. The third kappa shape index (κ3) is 3.39. The van der Waals surface area contributed by atoms with Crippen LogP contribution in [0.3, 0.4) is 0 Å². The van der Waals surface area contributed by atoms with Gasteiger partial charge in [0.15, 0.2) is 0 Å². The molecule has 2 aromatic rings. The van der Waals surface area contributed by atoms with E-state index in [-0.39, 0.29) is 10.8 Å². The first-order valence-electron chi connectivity index (χ1n) is 8.62. The average Bonchev–Trinajstić information content (AvgIpc) is 3.01. The average molecular weight is 372 g/mol. The Kier molecular flexibility index (Phi) is 4.90. The Hall–Kier alpha value is -2.18. The van der Waals surface area contributed by atoms with Gasteiger partial charge in [0.05, 0.1) is 11.3 Å². The van der Waals surface area contributed by atoms with Gasteiger partial charge >= 0.3 is 0 Å². The van der Waals surface area contributed by atoms with Gasteiger partial charge in [0, 0.05) is 26.3 Å². The highest BCUT2D eigenvalue weighted by molar-refractivity contribution is 7.89. The van der Waals surface area contributed by atoms with Crippen LogP contribution in [0.2, 0.25) is 0 Å². The minimum Gasteiger partial charge on any atom is -0.312 e. The van der Waals surface area contributed by atoms with E-state index in [1.165, 1.54) is 18.4 Å². The van der Waals surface area contributed by atoms with E-state index in [9.17, 15) is 13.2 Å². The molecule has 0 atom stereocenters. The molecule has 0 spiro atoms. The molecule has 0 bridgehead atoms. The lowest BCUT2D eigenvalue weighted by Gasteiger charge is -2.19. The van der Waals surface area contributed by atoms with E-state index in [0.29, 0.717) is 19.4 Å². The summed E-state index contributed by atoms with van der Waals surface area (Å²) in [5.41, 5.74) is 5.00. The third-order valence-corrected chi connectivity index (χ3v) is 6.68. The maximum absolute atomic E-state index is 12.8. The lowest BCUT2D eigenvalue weighted by molar-refractivity contribution is -0.117. The van der Waals surface area contributed by atoms with E-state index in [4.69, 9.17) is 0 Å². The first kappa shape index (κ1) is 18.6. The van der Waals surface area contributed by atoms with Crippen LogP contribution in [0.25, 0.3) is 0 Å². The van der Waals surface area contributed by atoms with Gasteiger partial charge in [-0.1, -0.05) is 23.8 Å². The first-order chi connectivity index (χ1) is 12.2. The lowest BCUT2D eigenvalue weighted by Crippen LogP contribution is -2.30. The lowest BCUT2D eigenvalue weighted by atomic mass is 10.0. The molecule has 5 nitrogen and oxygen atoms in total. The van der Waals surface area contributed by atoms with Gasteiger partial charge in [0.2, 0.25) is 15.9 Å². The standard InChI is InChI=1S/C20H24N2O3S/c1-14-5-6-15(2)17(11-14)13-20(23)22-10-9-16-12-18(7-8-19(16)22)26(24,25)21(3)4/h5-8,11-12H,9-10,13H2,1-4H3. The normalized spacial score (nSPS) is 14.0. The second-order valence-electron chi connectivity index (χ2n) is 6.98. The van der Waals surface area contributed by atoms with E-state index in [0.717, 1.165) is 27.9 Å². The summed E-state index contributed by atoms with van der Waals surface area (Å²) in [4.78, 5) is 14.9. The minimum atomic E-state index is -3.47. The highest BCUT2D eigenvalue weighted by Gasteiger charge is 2.27. The predicted octanol–water partition coefficient (Wildman–Crippen LogP) is 2.69. The molecule has 2 aromatic carbocycles. The van der Waals surface area contributed by atoms with Gasteiger partial charge < -0.3 is 4.90 Å². The van der Waals surface area contributed by atoms with E-state index in [1.54, 1.807) is 23.1 Å². The fourth-order valence-electron chi connectivity index (χ4n) is 3.26. The molecule has 1 aliphatic heterocycles. The van der Waals surface area contributed by atoms with Crippen LogP contribution in [0, 0.1) is 13.8 Å². The summed E-state index contributed by atoms with van der Waals surface area (Å²) in [7, 11) is -0.432. The van der Waals surface area contributed by atoms with E-state index in [2.05, 4.69) is 6.07 Å². The van der Waals surface area contributed by atoms with Crippen molar-refractivity contribution in [3.05, 3.63) is 58.7 Å². The van der Waals surface area contributed by atoms with Gasteiger partial charge in [-0.3, -0.25) is 4.79 Å². The van der Waals surface area contributed by atoms with E-state index < -0.39 is 10.0 Å². The molecule has 0 saturated carbocycles. The van der Waals surface area contributed by atoms with Crippen molar-refractivity contribution < 1.29 is 13.2 Å². The summed E-state index contributed by atoms with van der Waals surface area (Å²) in [6, 6.07) is 11.2. The van der Waals surface area contributed by atoms with Gasteiger partial charge in [-0.15, -0.1) is 0 Å². The van der Waals surface area contributed by atoms with Crippen LogP contribution in [0.4, 0.5) is 5.69 Å². The number of hydrogen-bond acceptors (Lipinski definition) is 3. The second kappa shape index (κ2) is 6.85. The zero-order valence-electron chi connectivity index (χ0n) is 15.6. The third-order valence-electron chi connectivity index (χ3n) is 4.87. The van der Waals surface area contributed by atoms with Crippen molar-refractivity contribution in [3.63, 3.8) is 0 Å². The van der Waals surface area contributed by atoms with Crippen LogP contribution in [0.1, 0.15) is 22.3 Å². The molecule has 26 heavy (non-hydrogen) atoms. The number of nitrogens with zero attached hydrogens (tertiary/aromatic N) is 2. The Labute approximate surface area is 155 Å². The number of carbonyl (C=O) groups excluding carboxylic acids is 1. The minimum absolute atomic E-state index is 0.0423. The van der Waals surface area contributed by atoms with Crippen molar-refractivity contribution in [2.24, 2.45) is 0 Å². The summed E-state index contributed by atoms with van der Waals surface area (Å²) >= 11 is 0. The Bertz CT molecular complexity index is 965. The molecule has 1 amide bonds. The van der Waals surface area contributed by atoms with Crippen LogP contribution in [0.5, 0.6) is 0 Å². The fourth-order valence-corrected chi connectivity index (χ4v) is 4.21. The smallest absolute Gasteiger partial charge is 0.242 e. The van der Waals surface area contributed by atoms with Crippen molar-refractivity contribution in [3.8, 4) is 0 Å². The number of sulfonamides is 1. The molecule has 0 fully saturated rings. The quantitative estimate of drug-likeness (QED) is 0.829. The van der Waals surface area contributed by atoms with Crippen molar-refractivity contribution in [2.45, 2.75) is 31.6 Å². The fraction of sp³-hybridized carbons (Fsp3) is 0.350. The van der Waals surface area contributed by atoms with Crippen LogP contribution in [-0.4, -0.2) is 39.3 Å². The molecule has 138 valence electrons. The van der Waals surface area contributed by atoms with E-state index in [1.807, 2.05) is 26.0 Å². The Morgan fingerprint density at radius 3 is 2.54 bits per heavy atom. The molecule has 0 unspecified atom stereocenters. The summed E-state index contributed by atoms with van der Waals surface area (Å²) < 4.78 is 25.8. The van der Waals surface area contributed by atoms with Crippen LogP contribution in [-0.2, 0) is 27.7 Å². The second-order valence-corrected chi connectivity index (χ2v) is 9.13. The predicted molar refractivity (Wildman–Crippen MR) is 103 cm³/mol. The molecule has 0 saturated heterocycles. The Balaban J connectivity index is 1.86. The maximum atomic E-state index is 12.8. The molecular formula is C20H24N2O3S. The number of aryl methyl sites for hydroxylation is 2. The summed E-state index contributed by atoms with van der Waals surface area (Å²) in [5, 5.41) is 0. The topological polar surface area (TPSA) is 57.7 Å². The molecule has 3 rings (SSSR count). The molecular weight excluding hydrogens is 348 g/mol. The van der Waals surface area contributed by atoms with Gasteiger partial charge in [0.25, 0.3) is 0 Å². The molecule has 0 radical (unpaired) electrons.